The van der Waals surface area contributed by atoms with E-state index in [0.717, 1.165) is 12.5 Å². The second kappa shape index (κ2) is 21.1. The van der Waals surface area contributed by atoms with E-state index < -0.39 is 101 Å². The molecular weight excluding hydrogens is 844 g/mol. The number of pyridine rings is 2. The molecule has 2 bridgehead atoms. The van der Waals surface area contributed by atoms with Gasteiger partial charge in [0.15, 0.2) is 18.7 Å². The Bertz CT molecular complexity index is 2050. The van der Waals surface area contributed by atoms with Crippen LogP contribution in [-0.4, -0.2) is 141 Å². The lowest BCUT2D eigenvalue weighted by atomic mass is 9.73. The van der Waals surface area contributed by atoms with Crippen molar-refractivity contribution in [2.24, 2.45) is 33.8 Å². The molecule has 0 saturated carbocycles. The van der Waals surface area contributed by atoms with Crippen molar-refractivity contribution in [2.75, 3.05) is 33.0 Å². The molecule has 360 valence electrons. The number of hydrogen-bond donors (Lipinski definition) is 3. The van der Waals surface area contributed by atoms with E-state index in [9.17, 15) is 24.6 Å². The van der Waals surface area contributed by atoms with Gasteiger partial charge in [0, 0.05) is 41.3 Å². The number of alkyl halides is 1. The molecule has 2 aromatic heterocycles. The third-order valence-electron chi connectivity index (χ3n) is 12.9. The summed E-state index contributed by atoms with van der Waals surface area (Å²) in [5, 5.41) is 28.7. The number of fused-ring (bicyclic) bond motifs is 5. The van der Waals surface area contributed by atoms with Crippen molar-refractivity contribution in [3.8, 4) is 11.3 Å². The minimum Gasteiger partial charge on any atom is -0.457 e. The number of ketones is 1. The summed E-state index contributed by atoms with van der Waals surface area (Å²) in [5.74, 6) is -6.21. The van der Waals surface area contributed by atoms with Crippen LogP contribution in [0.15, 0.2) is 46.7 Å². The third kappa shape index (κ3) is 11.8. The number of ether oxygens (including phenoxy) is 5. The monoisotopic (exact) mass is 913 g/mol. The number of halogens is 1. The van der Waals surface area contributed by atoms with Crippen LogP contribution >= 0.6 is 0 Å². The van der Waals surface area contributed by atoms with Gasteiger partial charge in [0.2, 0.25) is 5.91 Å². The summed E-state index contributed by atoms with van der Waals surface area (Å²) in [6.07, 6.45) is -4.97. The molecule has 0 aromatic carbocycles. The second-order valence-corrected chi connectivity index (χ2v) is 19.0. The normalized spacial score (nSPS) is 36.8. The van der Waals surface area contributed by atoms with E-state index in [-0.39, 0.29) is 38.4 Å². The van der Waals surface area contributed by atoms with Crippen LogP contribution in [0.2, 0.25) is 0 Å². The Labute approximate surface area is 381 Å². The Balaban J connectivity index is 1.67. The molecule has 3 fully saturated rings. The maximum absolute atomic E-state index is 17.0. The van der Waals surface area contributed by atoms with E-state index in [2.05, 4.69) is 20.1 Å². The number of anilines is 1. The molecule has 5 heterocycles. The minimum absolute atomic E-state index is 0.00877. The average molecular weight is 913 g/mol. The molecule has 17 nitrogen and oxygen atoms in total. The first-order valence-electron chi connectivity index (χ1n) is 22.5. The number of nitrogens with two attached hydrogens (primary N) is 1. The summed E-state index contributed by atoms with van der Waals surface area (Å²) in [6, 6.07) is 8.47. The van der Waals surface area contributed by atoms with Gasteiger partial charge in [0.25, 0.3) is 5.67 Å². The highest BCUT2D eigenvalue weighted by molar-refractivity contribution is 6.08. The number of aliphatic hydroxyl groups excluding tert-OH is 1. The van der Waals surface area contributed by atoms with Gasteiger partial charge >= 0.3 is 5.97 Å². The number of oxime groups is 1. The largest absolute Gasteiger partial charge is 0.457 e. The van der Waals surface area contributed by atoms with E-state index >= 15 is 4.39 Å². The van der Waals surface area contributed by atoms with Crippen LogP contribution in [0.25, 0.3) is 11.3 Å². The van der Waals surface area contributed by atoms with Crippen LogP contribution in [0.5, 0.6) is 0 Å². The van der Waals surface area contributed by atoms with Crippen LogP contribution in [0.3, 0.4) is 0 Å². The molecular formula is C47H69FN6O11. The molecule has 18 heteroatoms. The highest BCUT2D eigenvalue weighted by atomic mass is 19.1. The molecule has 0 radical (unpaired) electrons. The molecule has 4 N–H and O–H groups in total. The Kier molecular flexibility index (Phi) is 16.8. The maximum atomic E-state index is 17.0. The first-order valence-corrected chi connectivity index (χ1v) is 22.5. The van der Waals surface area contributed by atoms with Crippen LogP contribution in [0, 0.1) is 23.7 Å². The lowest BCUT2D eigenvalue weighted by Crippen LogP contribution is -2.61. The van der Waals surface area contributed by atoms with Crippen molar-refractivity contribution in [1.29, 1.82) is 0 Å². The average Bonchev–Trinajstić information content (AvgIpc) is 3.26. The highest BCUT2D eigenvalue weighted by Crippen LogP contribution is 2.41. The van der Waals surface area contributed by atoms with E-state index in [1.165, 1.54) is 13.8 Å². The molecule has 2 aromatic rings. The molecule has 3 aliphatic heterocycles. The number of likely N-dealkylation sites (N-methyl/N-ethyl adjacent to an activating group) is 1. The summed E-state index contributed by atoms with van der Waals surface area (Å²) >= 11 is 0. The minimum atomic E-state index is -3.23. The number of esters is 1. The number of Topliss-reactive ketones (excluding diaryl/α,β-unsaturated/α-hetero) is 1. The fraction of sp³-hybridized carbons (Fsp3) is 0.681. The number of cyclic esters (lactones) is 1. The lowest BCUT2D eigenvalue weighted by molar-refractivity contribution is -0.296. The SMILES string of the molecule is CC[C@H]1OC(=O)[C@@](C)(F)C(=O)[C@H](C)[C@@H](O[C@@H]2O[C@H](C)C[C@H](N(C)C)[C@H]2O)[C@@]2(C)C[C@@H](C)C(=NC(=O)C(C)C)[C@H](C)[C@H](OC/C(=N\OCc3ccc(-c4cccc(N)n4)cn3)CO2)[C@]1(C)O. The fourth-order valence-electron chi connectivity index (χ4n) is 9.15. The predicted octanol–water partition coefficient (Wildman–Crippen LogP) is 4.89. The van der Waals surface area contributed by atoms with Gasteiger partial charge in [-0.3, -0.25) is 14.6 Å². The third-order valence-corrected chi connectivity index (χ3v) is 12.9. The van der Waals surface area contributed by atoms with Gasteiger partial charge in [-0.15, -0.1) is 0 Å². The van der Waals surface area contributed by atoms with Crippen LogP contribution in [-0.2, 0) is 49.5 Å². The Morgan fingerprint density at radius 1 is 1.08 bits per heavy atom. The molecule has 65 heavy (non-hydrogen) atoms. The van der Waals surface area contributed by atoms with Gasteiger partial charge in [-0.1, -0.05) is 52.8 Å². The van der Waals surface area contributed by atoms with Gasteiger partial charge in [0.1, 0.15) is 29.3 Å². The van der Waals surface area contributed by atoms with E-state index in [0.29, 0.717) is 29.3 Å². The molecule has 3 saturated heterocycles. The van der Waals surface area contributed by atoms with Crippen molar-refractivity contribution in [3.05, 3.63) is 42.2 Å². The topological polar surface area (TPSA) is 227 Å². The second-order valence-electron chi connectivity index (χ2n) is 19.0. The number of aromatic nitrogens is 2. The smallest absolute Gasteiger partial charge is 0.351 e. The van der Waals surface area contributed by atoms with E-state index in [4.69, 9.17) is 34.3 Å². The molecule has 1 amide bonds. The number of rotatable bonds is 9. The van der Waals surface area contributed by atoms with Gasteiger partial charge in [-0.05, 0) is 91.2 Å². The summed E-state index contributed by atoms with van der Waals surface area (Å²) in [5.41, 5.74) is 1.42. The van der Waals surface area contributed by atoms with Gasteiger partial charge < -0.3 is 49.4 Å². The molecule has 0 spiro atoms. The Morgan fingerprint density at radius 2 is 1.78 bits per heavy atom. The zero-order chi connectivity index (χ0) is 48.2. The van der Waals surface area contributed by atoms with Crippen molar-refractivity contribution >= 4 is 34.9 Å². The number of carbonyl (C=O) groups excluding carboxylic acids is 3. The number of hydrogen-bond acceptors (Lipinski definition) is 16. The standard InChI is InChI=1S/C47H69FN6O11/c1-13-35-47(10,59)41-28(6)37(52-42(57)25(2)3)26(4)20-45(8,61-23-32(22-60-41)53-62-24-31-18-17-30(21-50-31)33-15-14-16-36(49)51-33)40(29(7)39(56)46(9,48)44(58)64-35)65-43-38(55)34(54(11)12)19-27(5)63-43/h14-18,21,25-29,34-35,38,40-41,43,55,59H,13,19-20,22-24H2,1-12H3,(H2,49,51)/b52-37?,53-32+/t26-,27-,28+,29+,34+,35-,38-,40-,41+,43+,45-,46+,47-/m1/s1. The quantitative estimate of drug-likeness (QED) is 0.173. The number of aliphatic hydroxyl groups is 2. The predicted molar refractivity (Wildman–Crippen MR) is 240 cm³/mol. The summed E-state index contributed by atoms with van der Waals surface area (Å²) in [4.78, 5) is 63.2. The molecule has 0 aliphatic carbocycles. The summed E-state index contributed by atoms with van der Waals surface area (Å²) in [6.45, 7) is 15.1. The molecule has 3 aliphatic rings. The van der Waals surface area contributed by atoms with E-state index in [1.807, 2.05) is 45.0 Å². The molecule has 5 rings (SSSR count). The van der Waals surface area contributed by atoms with Crippen LogP contribution in [0.1, 0.15) is 94.2 Å². The van der Waals surface area contributed by atoms with Crippen molar-refractivity contribution in [3.63, 3.8) is 0 Å². The zero-order valence-corrected chi connectivity index (χ0v) is 39.8. The highest BCUT2D eigenvalue weighted by Gasteiger charge is 2.56. The van der Waals surface area contributed by atoms with Gasteiger partial charge in [-0.2, -0.15) is 0 Å². The first kappa shape index (κ1) is 51.7. The summed E-state index contributed by atoms with van der Waals surface area (Å²) in [7, 11) is 3.63. The number of carbonyl (C=O) groups is 3. The first-order chi connectivity index (χ1) is 30.4. The Hall–Kier alpha value is -4.30. The number of nitrogens with zero attached hydrogens (tertiary/aromatic N) is 5. The number of aliphatic imine (C=N–C) groups is 1. The number of nitrogen functional groups attached to an aromatic ring is 1. The molecule has 13 atom stereocenters. The van der Waals surface area contributed by atoms with Gasteiger partial charge in [-0.25, -0.2) is 19.2 Å². The van der Waals surface area contributed by atoms with Crippen molar-refractivity contribution < 1.29 is 57.5 Å². The lowest BCUT2D eigenvalue weighted by Gasteiger charge is -2.47. The van der Waals surface area contributed by atoms with Crippen molar-refractivity contribution in [2.45, 2.75) is 155 Å². The van der Waals surface area contributed by atoms with Crippen LogP contribution in [0.4, 0.5) is 10.2 Å². The van der Waals surface area contributed by atoms with E-state index in [1.54, 1.807) is 59.0 Å². The molecule has 0 unspecified atom stereocenters. The van der Waals surface area contributed by atoms with Crippen molar-refractivity contribution in [1.82, 2.24) is 14.9 Å². The van der Waals surface area contributed by atoms with Gasteiger partial charge in [0.05, 0.1) is 48.5 Å². The Morgan fingerprint density at radius 3 is 2.40 bits per heavy atom. The fourth-order valence-corrected chi connectivity index (χ4v) is 9.15. The number of amides is 1. The van der Waals surface area contributed by atoms with Crippen LogP contribution < -0.4 is 5.73 Å². The zero-order valence-electron chi connectivity index (χ0n) is 39.8. The summed E-state index contributed by atoms with van der Waals surface area (Å²) < 4.78 is 49.1. The maximum Gasteiger partial charge on any atom is 0.351 e.